The van der Waals surface area contributed by atoms with Crippen molar-refractivity contribution in [2.45, 2.75) is 24.6 Å². The molecule has 6 heteroatoms. The van der Waals surface area contributed by atoms with E-state index in [1.807, 2.05) is 40.8 Å². The molecule has 0 saturated carbocycles. The Labute approximate surface area is 127 Å². The van der Waals surface area contributed by atoms with E-state index in [1.54, 1.807) is 6.33 Å². The molecule has 1 N–H and O–H groups in total. The van der Waals surface area contributed by atoms with Gasteiger partial charge in [0.05, 0.1) is 6.10 Å². The number of thioether (sulfide) groups is 1. The second-order valence-electron chi connectivity index (χ2n) is 4.68. The van der Waals surface area contributed by atoms with Crippen LogP contribution >= 0.6 is 11.8 Å². The number of nitrogens with zero attached hydrogens (tertiary/aromatic N) is 4. The zero-order chi connectivity index (χ0) is 14.7. The normalized spacial score (nSPS) is 12.7. The second-order valence-corrected chi connectivity index (χ2v) is 5.67. The van der Waals surface area contributed by atoms with Crippen LogP contribution in [0.2, 0.25) is 0 Å². The van der Waals surface area contributed by atoms with Gasteiger partial charge in [0.15, 0.2) is 10.8 Å². The predicted molar refractivity (Wildman–Crippen MR) is 82.3 cm³/mol. The van der Waals surface area contributed by atoms with Crippen LogP contribution in [0.25, 0.3) is 5.65 Å². The Morgan fingerprint density at radius 2 is 2.10 bits per heavy atom. The molecule has 0 aliphatic heterocycles. The van der Waals surface area contributed by atoms with E-state index >= 15 is 0 Å². The maximum atomic E-state index is 10.2. The van der Waals surface area contributed by atoms with Gasteiger partial charge in [0.1, 0.15) is 6.33 Å². The molecule has 0 bridgehead atoms. The molecule has 1 unspecified atom stereocenters. The first-order chi connectivity index (χ1) is 10.3. The number of aliphatic hydroxyl groups excluding tert-OH is 1. The number of rotatable bonds is 5. The number of benzene rings is 1. The highest BCUT2D eigenvalue weighted by molar-refractivity contribution is 7.99. The minimum absolute atomic E-state index is 0.519. The lowest BCUT2D eigenvalue weighted by Crippen LogP contribution is -2.03. The van der Waals surface area contributed by atoms with Gasteiger partial charge in [-0.2, -0.15) is 0 Å². The van der Waals surface area contributed by atoms with Gasteiger partial charge in [0.25, 0.3) is 0 Å². The van der Waals surface area contributed by atoms with E-state index in [0.717, 1.165) is 28.5 Å². The second kappa shape index (κ2) is 6.24. The highest BCUT2D eigenvalue weighted by Crippen LogP contribution is 2.24. The van der Waals surface area contributed by atoms with Gasteiger partial charge in [-0.05, 0) is 12.0 Å². The van der Waals surface area contributed by atoms with Gasteiger partial charge < -0.3 is 5.11 Å². The highest BCUT2D eigenvalue weighted by atomic mass is 32.2. The number of hydrogen-bond acceptors (Lipinski definition) is 5. The van der Waals surface area contributed by atoms with Gasteiger partial charge in [-0.15, -0.1) is 10.2 Å². The van der Waals surface area contributed by atoms with Crippen LogP contribution in [0, 0.1) is 0 Å². The average molecular weight is 300 g/mol. The number of aliphatic hydroxyl groups is 1. The molecule has 1 aromatic carbocycles. The fourth-order valence-corrected chi connectivity index (χ4v) is 3.02. The highest BCUT2D eigenvalue weighted by Gasteiger charge is 2.12. The van der Waals surface area contributed by atoms with Crippen molar-refractivity contribution in [1.29, 1.82) is 0 Å². The van der Waals surface area contributed by atoms with E-state index in [1.165, 1.54) is 11.8 Å². The topological polar surface area (TPSA) is 63.3 Å². The molecular weight excluding hydrogens is 284 g/mol. The molecule has 0 aliphatic rings. The van der Waals surface area contributed by atoms with Crippen LogP contribution < -0.4 is 0 Å². The van der Waals surface area contributed by atoms with Crippen molar-refractivity contribution in [2.24, 2.45) is 0 Å². The monoisotopic (exact) mass is 300 g/mol. The molecule has 0 fully saturated rings. The Hall–Kier alpha value is -1.92. The molecule has 2 heterocycles. The maximum Gasteiger partial charge on any atom is 0.175 e. The minimum atomic E-state index is -0.519. The van der Waals surface area contributed by atoms with E-state index in [2.05, 4.69) is 22.1 Å². The summed E-state index contributed by atoms with van der Waals surface area (Å²) in [6, 6.07) is 11.6. The van der Waals surface area contributed by atoms with Gasteiger partial charge in [0, 0.05) is 17.5 Å². The molecule has 0 radical (unpaired) electrons. The van der Waals surface area contributed by atoms with Crippen LogP contribution in [0.4, 0.5) is 0 Å². The van der Waals surface area contributed by atoms with Gasteiger partial charge in [-0.1, -0.05) is 49.0 Å². The fraction of sp³-hybridized carbons (Fsp3) is 0.267. The SMILES string of the molecule is CCc1cc2nncn2c(SCC(O)c2ccccc2)n1. The molecule has 5 nitrogen and oxygen atoms in total. The Bertz CT molecular complexity index is 729. The first-order valence-corrected chi connectivity index (χ1v) is 7.82. The summed E-state index contributed by atoms with van der Waals surface area (Å²) in [5.41, 5.74) is 2.68. The molecule has 0 saturated heterocycles. The molecule has 3 aromatic rings. The first-order valence-electron chi connectivity index (χ1n) is 6.83. The summed E-state index contributed by atoms with van der Waals surface area (Å²) in [6.07, 6.45) is 1.98. The smallest absolute Gasteiger partial charge is 0.175 e. The summed E-state index contributed by atoms with van der Waals surface area (Å²) in [4.78, 5) is 4.59. The van der Waals surface area contributed by atoms with Crippen molar-refractivity contribution >= 4 is 17.4 Å². The van der Waals surface area contributed by atoms with Crippen molar-refractivity contribution in [3.05, 3.63) is 54.0 Å². The quantitative estimate of drug-likeness (QED) is 0.579. The summed E-state index contributed by atoms with van der Waals surface area (Å²) in [7, 11) is 0. The van der Waals surface area contributed by atoms with Crippen LogP contribution in [0.15, 0.2) is 47.9 Å². The zero-order valence-electron chi connectivity index (χ0n) is 11.7. The predicted octanol–water partition coefficient (Wildman–Crippen LogP) is 2.51. The van der Waals surface area contributed by atoms with Crippen LogP contribution in [-0.4, -0.2) is 30.4 Å². The van der Waals surface area contributed by atoms with Crippen molar-refractivity contribution in [1.82, 2.24) is 19.6 Å². The minimum Gasteiger partial charge on any atom is -0.388 e. The van der Waals surface area contributed by atoms with Gasteiger partial charge in [-0.3, -0.25) is 4.40 Å². The summed E-state index contributed by atoms with van der Waals surface area (Å²) in [5.74, 6) is 0.539. The van der Waals surface area contributed by atoms with E-state index in [0.29, 0.717) is 5.75 Å². The third-order valence-corrected chi connectivity index (χ3v) is 4.26. The number of hydrogen-bond donors (Lipinski definition) is 1. The number of aromatic nitrogens is 4. The van der Waals surface area contributed by atoms with E-state index in [9.17, 15) is 5.11 Å². The lowest BCUT2D eigenvalue weighted by atomic mass is 10.1. The standard InChI is InChI=1S/C15H16N4OS/c1-2-12-8-14-18-16-10-19(14)15(17-12)21-9-13(20)11-6-4-3-5-7-11/h3-8,10,13,20H,2,9H2,1H3. The Balaban J connectivity index is 1.80. The fourth-order valence-electron chi connectivity index (χ4n) is 2.06. The number of fused-ring (bicyclic) bond motifs is 1. The van der Waals surface area contributed by atoms with Gasteiger partial charge in [0.2, 0.25) is 0 Å². The molecule has 3 rings (SSSR count). The Morgan fingerprint density at radius 1 is 1.29 bits per heavy atom. The average Bonchev–Trinajstić information content (AvgIpc) is 3.01. The Morgan fingerprint density at radius 3 is 2.86 bits per heavy atom. The first kappa shape index (κ1) is 14.0. The lowest BCUT2D eigenvalue weighted by Gasteiger charge is -2.11. The summed E-state index contributed by atoms with van der Waals surface area (Å²) < 4.78 is 1.85. The van der Waals surface area contributed by atoms with Gasteiger partial charge >= 0.3 is 0 Å². The van der Waals surface area contributed by atoms with Crippen molar-refractivity contribution in [3.63, 3.8) is 0 Å². The Kier molecular flexibility index (Phi) is 4.17. The van der Waals surface area contributed by atoms with E-state index < -0.39 is 6.10 Å². The van der Waals surface area contributed by atoms with Crippen LogP contribution in [-0.2, 0) is 6.42 Å². The lowest BCUT2D eigenvalue weighted by molar-refractivity contribution is 0.204. The van der Waals surface area contributed by atoms with E-state index in [-0.39, 0.29) is 0 Å². The molecule has 0 spiro atoms. The third kappa shape index (κ3) is 3.06. The van der Waals surface area contributed by atoms with Crippen molar-refractivity contribution in [2.75, 3.05) is 5.75 Å². The summed E-state index contributed by atoms with van der Waals surface area (Å²) in [5, 5.41) is 19.0. The summed E-state index contributed by atoms with van der Waals surface area (Å²) in [6.45, 7) is 2.06. The molecule has 21 heavy (non-hydrogen) atoms. The van der Waals surface area contributed by atoms with Crippen molar-refractivity contribution < 1.29 is 5.11 Å². The van der Waals surface area contributed by atoms with Crippen LogP contribution in [0.1, 0.15) is 24.3 Å². The molecule has 0 aliphatic carbocycles. The van der Waals surface area contributed by atoms with Gasteiger partial charge in [-0.25, -0.2) is 4.98 Å². The molecule has 2 aromatic heterocycles. The summed E-state index contributed by atoms with van der Waals surface area (Å²) >= 11 is 1.51. The molecule has 108 valence electrons. The third-order valence-electron chi connectivity index (χ3n) is 3.23. The molecular formula is C15H16N4OS. The van der Waals surface area contributed by atoms with E-state index in [4.69, 9.17) is 0 Å². The largest absolute Gasteiger partial charge is 0.388 e. The van der Waals surface area contributed by atoms with Crippen molar-refractivity contribution in [3.8, 4) is 0 Å². The molecule has 1 atom stereocenters. The van der Waals surface area contributed by atoms with Crippen LogP contribution in [0.3, 0.4) is 0 Å². The number of aryl methyl sites for hydroxylation is 1. The molecule has 0 amide bonds. The maximum absolute atomic E-state index is 10.2. The van der Waals surface area contributed by atoms with Crippen LogP contribution in [0.5, 0.6) is 0 Å². The zero-order valence-corrected chi connectivity index (χ0v) is 12.5.